The summed E-state index contributed by atoms with van der Waals surface area (Å²) in [4.78, 5) is 13.9. The fourth-order valence-corrected chi connectivity index (χ4v) is 4.76. The third-order valence-corrected chi connectivity index (χ3v) is 6.11. The van der Waals surface area contributed by atoms with Gasteiger partial charge in [-0.25, -0.2) is 12.8 Å². The molecule has 2 aromatic rings. The summed E-state index contributed by atoms with van der Waals surface area (Å²) in [6, 6.07) is 7.21. The van der Waals surface area contributed by atoms with E-state index in [2.05, 4.69) is 4.72 Å². The third kappa shape index (κ3) is 2.68. The molecule has 1 amide bonds. The van der Waals surface area contributed by atoms with Crippen LogP contribution in [0.25, 0.3) is 0 Å². The molecule has 4 rings (SSSR count). The number of benzene rings is 2. The fraction of sp³-hybridized carbons (Fsp3) is 0.278. The predicted octanol–water partition coefficient (Wildman–Crippen LogP) is 2.77. The first-order chi connectivity index (χ1) is 11.8. The Morgan fingerprint density at radius 2 is 1.80 bits per heavy atom. The van der Waals surface area contributed by atoms with Crippen LogP contribution < -0.4 is 9.62 Å². The van der Waals surface area contributed by atoms with Gasteiger partial charge in [-0.3, -0.25) is 9.52 Å². The van der Waals surface area contributed by atoms with E-state index in [0.29, 0.717) is 37.1 Å². The lowest BCUT2D eigenvalue weighted by atomic mass is 10.00. The average molecular weight is 360 g/mol. The molecule has 0 fully saturated rings. The quantitative estimate of drug-likeness (QED) is 0.915. The lowest BCUT2D eigenvalue weighted by Crippen LogP contribution is -2.33. The van der Waals surface area contributed by atoms with Crippen molar-refractivity contribution in [2.75, 3.05) is 16.2 Å². The number of hydrogen-bond donors (Lipinski definition) is 1. The van der Waals surface area contributed by atoms with Gasteiger partial charge in [0.15, 0.2) is 0 Å². The molecule has 0 spiro atoms. The van der Waals surface area contributed by atoms with E-state index < -0.39 is 15.8 Å². The van der Waals surface area contributed by atoms with E-state index in [1.807, 2.05) is 0 Å². The second kappa shape index (κ2) is 5.56. The van der Waals surface area contributed by atoms with Crippen molar-refractivity contribution in [3.8, 4) is 0 Å². The normalized spacial score (nSPS) is 16.1. The molecule has 0 bridgehead atoms. The van der Waals surface area contributed by atoms with Gasteiger partial charge in [-0.15, -0.1) is 0 Å². The van der Waals surface area contributed by atoms with Crippen molar-refractivity contribution in [1.29, 1.82) is 0 Å². The number of sulfonamides is 1. The van der Waals surface area contributed by atoms with Crippen LogP contribution in [0.5, 0.6) is 0 Å². The van der Waals surface area contributed by atoms with E-state index in [1.165, 1.54) is 18.2 Å². The SMILES string of the molecule is Cc1cc(F)ccc1NS(=O)(=O)c1cc2c3c(c1)CCN3C(=O)CC2. The molecule has 0 radical (unpaired) electrons. The van der Waals surface area contributed by atoms with Gasteiger partial charge in [-0.2, -0.15) is 0 Å². The second-order valence-electron chi connectivity index (χ2n) is 6.45. The van der Waals surface area contributed by atoms with Crippen molar-refractivity contribution in [3.05, 3.63) is 52.8 Å². The van der Waals surface area contributed by atoms with E-state index in [0.717, 1.165) is 16.8 Å². The summed E-state index contributed by atoms with van der Waals surface area (Å²) in [5.74, 6) is -0.311. The van der Waals surface area contributed by atoms with Gasteiger partial charge >= 0.3 is 0 Å². The van der Waals surface area contributed by atoms with Crippen molar-refractivity contribution in [1.82, 2.24) is 0 Å². The van der Waals surface area contributed by atoms with E-state index in [-0.39, 0.29) is 10.8 Å². The van der Waals surface area contributed by atoms with Crippen LogP contribution in [0, 0.1) is 12.7 Å². The maximum Gasteiger partial charge on any atom is 0.261 e. The zero-order chi connectivity index (χ0) is 17.8. The lowest BCUT2D eigenvalue weighted by Gasteiger charge is -2.25. The first-order valence-corrected chi connectivity index (χ1v) is 9.58. The minimum absolute atomic E-state index is 0.0990. The number of anilines is 2. The zero-order valence-electron chi connectivity index (χ0n) is 13.7. The molecule has 130 valence electrons. The molecule has 2 aliphatic rings. The highest BCUT2D eigenvalue weighted by atomic mass is 32.2. The molecule has 0 saturated heterocycles. The molecule has 5 nitrogen and oxygen atoms in total. The summed E-state index contributed by atoms with van der Waals surface area (Å²) in [6.07, 6.45) is 1.62. The van der Waals surface area contributed by atoms with Crippen LogP contribution in [-0.2, 0) is 27.7 Å². The van der Waals surface area contributed by atoms with Gasteiger partial charge in [0.05, 0.1) is 16.3 Å². The maximum absolute atomic E-state index is 13.2. The number of halogens is 1. The molecular weight excluding hydrogens is 343 g/mol. The van der Waals surface area contributed by atoms with Crippen LogP contribution in [0.3, 0.4) is 0 Å². The molecule has 0 aliphatic carbocycles. The number of rotatable bonds is 3. The molecule has 0 saturated carbocycles. The Balaban J connectivity index is 1.73. The molecule has 7 heteroatoms. The van der Waals surface area contributed by atoms with Gasteiger partial charge in [0, 0.05) is 13.0 Å². The van der Waals surface area contributed by atoms with E-state index in [4.69, 9.17) is 0 Å². The fourth-order valence-electron chi connectivity index (χ4n) is 3.53. The zero-order valence-corrected chi connectivity index (χ0v) is 14.5. The van der Waals surface area contributed by atoms with Crippen LogP contribution >= 0.6 is 0 Å². The van der Waals surface area contributed by atoms with Crippen molar-refractivity contribution in [2.24, 2.45) is 0 Å². The van der Waals surface area contributed by atoms with E-state index in [9.17, 15) is 17.6 Å². The van der Waals surface area contributed by atoms with Gasteiger partial charge in [0.25, 0.3) is 10.0 Å². The lowest BCUT2D eigenvalue weighted by molar-refractivity contribution is -0.118. The van der Waals surface area contributed by atoms with Gasteiger partial charge in [-0.1, -0.05) is 0 Å². The summed E-state index contributed by atoms with van der Waals surface area (Å²) >= 11 is 0. The van der Waals surface area contributed by atoms with E-state index >= 15 is 0 Å². The highest BCUT2D eigenvalue weighted by molar-refractivity contribution is 7.92. The number of hydrogen-bond acceptors (Lipinski definition) is 3. The highest BCUT2D eigenvalue weighted by Crippen LogP contribution is 2.38. The molecule has 0 unspecified atom stereocenters. The van der Waals surface area contributed by atoms with Crippen molar-refractivity contribution >= 4 is 27.3 Å². The minimum atomic E-state index is -3.79. The first-order valence-electron chi connectivity index (χ1n) is 8.10. The van der Waals surface area contributed by atoms with Crippen molar-refractivity contribution in [3.63, 3.8) is 0 Å². The number of carbonyl (C=O) groups is 1. The van der Waals surface area contributed by atoms with Crippen LogP contribution in [-0.4, -0.2) is 20.9 Å². The molecular formula is C18H17FN2O3S. The number of carbonyl (C=O) groups excluding carboxylic acids is 1. The largest absolute Gasteiger partial charge is 0.312 e. The summed E-state index contributed by atoms with van der Waals surface area (Å²) < 4.78 is 41.3. The summed E-state index contributed by atoms with van der Waals surface area (Å²) in [7, 11) is -3.79. The van der Waals surface area contributed by atoms with Crippen LogP contribution in [0.4, 0.5) is 15.8 Å². The number of amides is 1. The van der Waals surface area contributed by atoms with E-state index in [1.54, 1.807) is 24.0 Å². The third-order valence-electron chi connectivity index (χ3n) is 4.77. The Morgan fingerprint density at radius 1 is 1.08 bits per heavy atom. The molecule has 2 heterocycles. The number of aryl methyl sites for hydroxylation is 2. The molecule has 25 heavy (non-hydrogen) atoms. The number of nitrogens with one attached hydrogen (secondary N) is 1. The predicted molar refractivity (Wildman–Crippen MR) is 92.8 cm³/mol. The van der Waals surface area contributed by atoms with Gasteiger partial charge < -0.3 is 4.90 Å². The molecule has 1 N–H and O–H groups in total. The Hall–Kier alpha value is -2.41. The monoisotopic (exact) mass is 360 g/mol. The Labute approximate surface area is 145 Å². The summed E-state index contributed by atoms with van der Waals surface area (Å²) in [6.45, 7) is 2.26. The number of nitrogens with zero attached hydrogens (tertiary/aromatic N) is 1. The van der Waals surface area contributed by atoms with Crippen molar-refractivity contribution < 1.29 is 17.6 Å². The molecule has 2 aliphatic heterocycles. The Morgan fingerprint density at radius 3 is 2.52 bits per heavy atom. The van der Waals surface area contributed by atoms with Crippen LogP contribution in [0.15, 0.2) is 35.2 Å². The maximum atomic E-state index is 13.2. The van der Waals surface area contributed by atoms with Crippen molar-refractivity contribution in [2.45, 2.75) is 31.1 Å². The standard InChI is InChI=1S/C18H17FN2O3S/c1-11-8-14(19)3-4-16(11)20-25(23,24)15-9-12-2-5-17(22)21-7-6-13(10-15)18(12)21/h3-4,8-10,20H,2,5-7H2,1H3. The highest BCUT2D eigenvalue weighted by Gasteiger charge is 2.33. The average Bonchev–Trinajstić information content (AvgIpc) is 2.99. The van der Waals surface area contributed by atoms with Crippen LogP contribution in [0.1, 0.15) is 23.1 Å². The van der Waals surface area contributed by atoms with Gasteiger partial charge in [-0.05, 0) is 66.8 Å². The Kier molecular flexibility index (Phi) is 3.57. The minimum Gasteiger partial charge on any atom is -0.312 e. The molecule has 0 atom stereocenters. The summed E-state index contributed by atoms with van der Waals surface area (Å²) in [5, 5.41) is 0. The van der Waals surface area contributed by atoms with Crippen LogP contribution in [0.2, 0.25) is 0 Å². The summed E-state index contributed by atoms with van der Waals surface area (Å²) in [5.41, 5.74) is 3.54. The van der Waals surface area contributed by atoms with Gasteiger partial charge in [0.1, 0.15) is 5.82 Å². The second-order valence-corrected chi connectivity index (χ2v) is 8.13. The van der Waals surface area contributed by atoms with Gasteiger partial charge in [0.2, 0.25) is 5.91 Å². The Bertz CT molecular complexity index is 1000. The first kappa shape index (κ1) is 16.1. The topological polar surface area (TPSA) is 66.5 Å². The smallest absolute Gasteiger partial charge is 0.261 e. The molecule has 0 aromatic heterocycles. The molecule has 2 aromatic carbocycles.